The molecule has 0 spiro atoms. The maximum atomic E-state index is 12.7. The van der Waals surface area contributed by atoms with Gasteiger partial charge in [0, 0.05) is 23.6 Å². The van der Waals surface area contributed by atoms with Crippen molar-refractivity contribution in [1.82, 2.24) is 15.0 Å². The third-order valence-corrected chi connectivity index (χ3v) is 5.86. The van der Waals surface area contributed by atoms with E-state index in [1.54, 1.807) is 6.07 Å². The zero-order valence-corrected chi connectivity index (χ0v) is 18.1. The number of nitrogens with zero attached hydrogens (tertiary/aromatic N) is 4. The van der Waals surface area contributed by atoms with Crippen LogP contribution in [0.1, 0.15) is 29.9 Å². The number of hydrogen-bond donors (Lipinski definition) is 1. The molecular weight excluding hydrogens is 410 g/mol. The number of nitro groups is 1. The highest BCUT2D eigenvalue weighted by Gasteiger charge is 2.26. The van der Waals surface area contributed by atoms with E-state index in [1.807, 2.05) is 38.1 Å². The van der Waals surface area contributed by atoms with Crippen LogP contribution in [0.5, 0.6) is 0 Å². The number of piperidine rings is 1. The minimum Gasteiger partial charge on any atom is -0.338 e. The molecular formula is C23H25N5O4. The zero-order chi connectivity index (χ0) is 22.7. The summed E-state index contributed by atoms with van der Waals surface area (Å²) in [6, 6.07) is 12.4. The van der Waals surface area contributed by atoms with Gasteiger partial charge in [-0.25, -0.2) is 0 Å². The van der Waals surface area contributed by atoms with E-state index in [9.17, 15) is 14.9 Å². The van der Waals surface area contributed by atoms with E-state index < -0.39 is 4.92 Å². The predicted octanol–water partition coefficient (Wildman–Crippen LogP) is 4.11. The van der Waals surface area contributed by atoms with Crippen molar-refractivity contribution >= 4 is 17.3 Å². The van der Waals surface area contributed by atoms with E-state index in [2.05, 4.69) is 20.4 Å². The van der Waals surface area contributed by atoms with Gasteiger partial charge >= 0.3 is 0 Å². The number of benzene rings is 2. The molecule has 2 aromatic carbocycles. The molecule has 9 heteroatoms. The van der Waals surface area contributed by atoms with Crippen LogP contribution in [0.3, 0.4) is 0 Å². The number of carbonyl (C=O) groups excluding carboxylic acids is 1. The Balaban J connectivity index is 1.32. The summed E-state index contributed by atoms with van der Waals surface area (Å²) in [5.41, 5.74) is 3.29. The Kier molecular flexibility index (Phi) is 6.27. The summed E-state index contributed by atoms with van der Waals surface area (Å²) in [5, 5.41) is 18.0. The lowest BCUT2D eigenvalue weighted by atomic mass is 9.95. The fraction of sp³-hybridized carbons (Fsp3) is 0.348. The maximum Gasteiger partial charge on any atom is 0.271 e. The summed E-state index contributed by atoms with van der Waals surface area (Å²) < 4.78 is 5.44. The molecule has 0 atom stereocenters. The van der Waals surface area contributed by atoms with Crippen LogP contribution in [0, 0.1) is 29.9 Å². The lowest BCUT2D eigenvalue weighted by molar-refractivity contribution is -0.384. The number of likely N-dealkylation sites (tertiary alicyclic amines) is 1. The largest absolute Gasteiger partial charge is 0.338 e. The van der Waals surface area contributed by atoms with Crippen molar-refractivity contribution < 1.29 is 14.2 Å². The van der Waals surface area contributed by atoms with E-state index in [1.165, 1.54) is 12.1 Å². The molecule has 2 heterocycles. The minimum absolute atomic E-state index is 0.0367. The van der Waals surface area contributed by atoms with Gasteiger partial charge in [0.1, 0.15) is 0 Å². The normalized spacial score (nSPS) is 14.9. The van der Waals surface area contributed by atoms with Crippen molar-refractivity contribution in [2.45, 2.75) is 33.2 Å². The van der Waals surface area contributed by atoms with Crippen LogP contribution >= 0.6 is 0 Å². The Labute approximate surface area is 185 Å². The average Bonchev–Trinajstić information content (AvgIpc) is 3.24. The van der Waals surface area contributed by atoms with Gasteiger partial charge < -0.3 is 9.84 Å². The summed E-state index contributed by atoms with van der Waals surface area (Å²) in [6.45, 7) is 5.83. The third kappa shape index (κ3) is 4.83. The standard InChI is InChI=1S/C23H25N5O4/c1-15-5-3-4-6-19(15)22-25-21(32-26-22)14-27-11-9-17(10-12-27)23(29)24-20-13-18(28(30)31)8-7-16(20)2/h3-8,13,17H,9-12,14H2,1-2H3,(H,24,29). The summed E-state index contributed by atoms with van der Waals surface area (Å²) in [5.74, 6) is 0.890. The molecule has 0 unspecified atom stereocenters. The third-order valence-electron chi connectivity index (χ3n) is 5.86. The Morgan fingerprint density at radius 3 is 2.66 bits per heavy atom. The van der Waals surface area contributed by atoms with Gasteiger partial charge in [0.05, 0.1) is 17.2 Å². The predicted molar refractivity (Wildman–Crippen MR) is 119 cm³/mol. The van der Waals surface area contributed by atoms with Gasteiger partial charge in [0.15, 0.2) is 0 Å². The molecule has 0 bridgehead atoms. The molecule has 4 rings (SSSR count). The van der Waals surface area contributed by atoms with Crippen LogP contribution in [0.15, 0.2) is 47.0 Å². The number of aromatic nitrogens is 2. The number of nitro benzene ring substituents is 1. The molecule has 0 saturated carbocycles. The highest BCUT2D eigenvalue weighted by Crippen LogP contribution is 2.26. The highest BCUT2D eigenvalue weighted by molar-refractivity contribution is 5.93. The Morgan fingerprint density at radius 2 is 1.94 bits per heavy atom. The van der Waals surface area contributed by atoms with Crippen molar-refractivity contribution in [2.75, 3.05) is 18.4 Å². The number of amides is 1. The number of hydrogen-bond acceptors (Lipinski definition) is 7. The Bertz CT molecular complexity index is 1130. The van der Waals surface area contributed by atoms with Crippen molar-refractivity contribution in [2.24, 2.45) is 5.92 Å². The first-order valence-electron chi connectivity index (χ1n) is 10.6. The summed E-state index contributed by atoms with van der Waals surface area (Å²) in [6.07, 6.45) is 1.39. The second-order valence-corrected chi connectivity index (χ2v) is 8.12. The van der Waals surface area contributed by atoms with E-state index >= 15 is 0 Å². The summed E-state index contributed by atoms with van der Waals surface area (Å²) in [4.78, 5) is 30.0. The van der Waals surface area contributed by atoms with Crippen LogP contribution < -0.4 is 5.32 Å². The van der Waals surface area contributed by atoms with Crippen LogP contribution in [0.4, 0.5) is 11.4 Å². The van der Waals surface area contributed by atoms with E-state index in [0.717, 1.165) is 29.8 Å². The topological polar surface area (TPSA) is 114 Å². The zero-order valence-electron chi connectivity index (χ0n) is 18.1. The first kappa shape index (κ1) is 21.6. The van der Waals surface area contributed by atoms with E-state index in [0.29, 0.717) is 36.8 Å². The second-order valence-electron chi connectivity index (χ2n) is 8.12. The molecule has 9 nitrogen and oxygen atoms in total. The number of anilines is 1. The summed E-state index contributed by atoms with van der Waals surface area (Å²) in [7, 11) is 0. The molecule has 1 N–H and O–H groups in total. The van der Waals surface area contributed by atoms with Crippen molar-refractivity contribution in [3.05, 3.63) is 69.6 Å². The molecule has 32 heavy (non-hydrogen) atoms. The van der Waals surface area contributed by atoms with Gasteiger partial charge in [0.2, 0.25) is 17.6 Å². The molecule has 3 aromatic rings. The van der Waals surface area contributed by atoms with Gasteiger partial charge in [-0.05, 0) is 50.9 Å². The molecule has 1 aliphatic rings. The quantitative estimate of drug-likeness (QED) is 0.458. The average molecular weight is 435 g/mol. The number of carbonyl (C=O) groups is 1. The monoisotopic (exact) mass is 435 g/mol. The van der Waals surface area contributed by atoms with Crippen molar-refractivity contribution in [3.8, 4) is 11.4 Å². The summed E-state index contributed by atoms with van der Waals surface area (Å²) >= 11 is 0. The molecule has 1 fully saturated rings. The maximum absolute atomic E-state index is 12.7. The van der Waals surface area contributed by atoms with Crippen LogP contribution in [-0.4, -0.2) is 39.0 Å². The molecule has 1 aromatic heterocycles. The molecule has 166 valence electrons. The fourth-order valence-electron chi connectivity index (χ4n) is 3.89. The number of non-ortho nitro benzene ring substituents is 1. The molecule has 1 saturated heterocycles. The highest BCUT2D eigenvalue weighted by atomic mass is 16.6. The molecule has 0 aliphatic carbocycles. The first-order chi connectivity index (χ1) is 15.4. The Morgan fingerprint density at radius 1 is 1.19 bits per heavy atom. The number of rotatable bonds is 6. The smallest absolute Gasteiger partial charge is 0.271 e. The second kappa shape index (κ2) is 9.27. The van der Waals surface area contributed by atoms with Gasteiger partial charge in [0.25, 0.3) is 5.69 Å². The molecule has 1 amide bonds. The van der Waals surface area contributed by atoms with Gasteiger partial charge in [-0.2, -0.15) is 4.98 Å². The first-order valence-corrected chi connectivity index (χ1v) is 10.6. The van der Waals surface area contributed by atoms with Gasteiger partial charge in [-0.1, -0.05) is 35.5 Å². The van der Waals surface area contributed by atoms with Crippen LogP contribution in [0.2, 0.25) is 0 Å². The fourth-order valence-corrected chi connectivity index (χ4v) is 3.89. The van der Waals surface area contributed by atoms with Crippen LogP contribution in [-0.2, 0) is 11.3 Å². The Hall–Kier alpha value is -3.59. The van der Waals surface area contributed by atoms with Crippen molar-refractivity contribution in [3.63, 3.8) is 0 Å². The van der Waals surface area contributed by atoms with Crippen LogP contribution in [0.25, 0.3) is 11.4 Å². The van der Waals surface area contributed by atoms with E-state index in [-0.39, 0.29) is 17.5 Å². The molecule has 0 radical (unpaired) electrons. The lowest BCUT2D eigenvalue weighted by Crippen LogP contribution is -2.37. The lowest BCUT2D eigenvalue weighted by Gasteiger charge is -2.30. The molecule has 1 aliphatic heterocycles. The SMILES string of the molecule is Cc1ccc([N+](=O)[O-])cc1NC(=O)C1CCN(Cc2nc(-c3ccccc3C)no2)CC1. The van der Waals surface area contributed by atoms with E-state index in [4.69, 9.17) is 4.52 Å². The number of nitrogens with one attached hydrogen (secondary N) is 1. The van der Waals surface area contributed by atoms with Gasteiger partial charge in [-0.15, -0.1) is 0 Å². The van der Waals surface area contributed by atoms with Gasteiger partial charge in [-0.3, -0.25) is 19.8 Å². The minimum atomic E-state index is -0.463. The number of aryl methyl sites for hydroxylation is 2. The van der Waals surface area contributed by atoms with Crippen molar-refractivity contribution in [1.29, 1.82) is 0 Å².